The maximum absolute atomic E-state index is 6.40. The molecule has 1 aliphatic rings. The van der Waals surface area contributed by atoms with E-state index >= 15 is 0 Å². The van der Waals surface area contributed by atoms with Crippen LogP contribution in [0.3, 0.4) is 0 Å². The highest BCUT2D eigenvalue weighted by atomic mass is 79.9. The van der Waals surface area contributed by atoms with E-state index in [4.69, 9.17) is 16.6 Å². The molecule has 7 heteroatoms. The zero-order valence-electron chi connectivity index (χ0n) is 16.0. The summed E-state index contributed by atoms with van der Waals surface area (Å²) in [6.07, 6.45) is 8.80. The average molecular weight is 463 g/mol. The van der Waals surface area contributed by atoms with Crippen LogP contribution in [0.2, 0.25) is 5.02 Å². The number of nitrogens with zero attached hydrogens (tertiary/aromatic N) is 4. The third-order valence-electron chi connectivity index (χ3n) is 5.52. The largest absolute Gasteiger partial charge is 0.367 e. The molecule has 3 aromatic rings. The molecule has 28 heavy (non-hydrogen) atoms. The third-order valence-corrected chi connectivity index (χ3v) is 6.43. The van der Waals surface area contributed by atoms with Gasteiger partial charge < -0.3 is 10.2 Å². The van der Waals surface area contributed by atoms with E-state index in [0.29, 0.717) is 5.02 Å². The fourth-order valence-corrected chi connectivity index (χ4v) is 4.43. The van der Waals surface area contributed by atoms with Crippen molar-refractivity contribution in [1.82, 2.24) is 19.3 Å². The number of benzene rings is 1. The minimum Gasteiger partial charge on any atom is -0.367 e. The van der Waals surface area contributed by atoms with Crippen LogP contribution in [-0.2, 0) is 0 Å². The van der Waals surface area contributed by atoms with Gasteiger partial charge in [-0.15, -0.1) is 0 Å². The molecule has 0 aliphatic carbocycles. The summed E-state index contributed by atoms with van der Waals surface area (Å²) in [7, 11) is 2.21. The lowest BCUT2D eigenvalue weighted by molar-refractivity contribution is 0.211. The highest BCUT2D eigenvalue weighted by molar-refractivity contribution is 9.10. The number of rotatable bonds is 6. The second kappa shape index (κ2) is 8.80. The Bertz CT molecular complexity index is 949. The third kappa shape index (κ3) is 4.34. The van der Waals surface area contributed by atoms with Crippen molar-refractivity contribution in [3.63, 3.8) is 0 Å². The van der Waals surface area contributed by atoms with Crippen molar-refractivity contribution in [3.05, 3.63) is 46.3 Å². The van der Waals surface area contributed by atoms with E-state index in [1.807, 2.05) is 34.9 Å². The molecule has 4 rings (SSSR count). The van der Waals surface area contributed by atoms with Crippen LogP contribution in [0.4, 0.5) is 5.82 Å². The fraction of sp³-hybridized carbons (Fsp3) is 0.429. The van der Waals surface area contributed by atoms with Crippen LogP contribution in [0.5, 0.6) is 0 Å². The Kier molecular flexibility index (Phi) is 6.19. The van der Waals surface area contributed by atoms with Gasteiger partial charge in [0.2, 0.25) is 0 Å². The first kappa shape index (κ1) is 19.7. The predicted molar refractivity (Wildman–Crippen MR) is 119 cm³/mol. The number of nitrogens with one attached hydrogen (secondary N) is 1. The quantitative estimate of drug-likeness (QED) is 0.502. The number of fused-ring (bicyclic) bond motifs is 1. The topological polar surface area (TPSA) is 45.5 Å². The van der Waals surface area contributed by atoms with Crippen molar-refractivity contribution >= 4 is 39.0 Å². The molecule has 0 amide bonds. The highest BCUT2D eigenvalue weighted by Gasteiger charge is 2.17. The Hall–Kier alpha value is -1.63. The normalized spacial score (nSPS) is 16.0. The van der Waals surface area contributed by atoms with Crippen LogP contribution in [0.25, 0.3) is 16.9 Å². The molecule has 0 atom stereocenters. The van der Waals surface area contributed by atoms with Crippen LogP contribution in [0.15, 0.2) is 41.3 Å². The second-order valence-electron chi connectivity index (χ2n) is 7.54. The number of hydrogen-bond acceptors (Lipinski definition) is 4. The van der Waals surface area contributed by atoms with Gasteiger partial charge in [0.15, 0.2) is 11.5 Å². The Morgan fingerprint density at radius 1 is 1.25 bits per heavy atom. The number of piperidine rings is 1. The van der Waals surface area contributed by atoms with Crippen LogP contribution in [0, 0.1) is 5.92 Å². The number of hydrogen-bond donors (Lipinski definition) is 1. The highest BCUT2D eigenvalue weighted by Crippen LogP contribution is 2.29. The number of imidazole rings is 1. The molecule has 1 aliphatic heterocycles. The molecule has 0 bridgehead atoms. The maximum Gasteiger partial charge on any atom is 0.181 e. The first-order valence-electron chi connectivity index (χ1n) is 9.83. The molecule has 3 heterocycles. The number of aromatic nitrogens is 3. The number of anilines is 1. The first-order valence-corrected chi connectivity index (χ1v) is 11.0. The van der Waals surface area contributed by atoms with Crippen molar-refractivity contribution in [2.24, 2.45) is 5.92 Å². The van der Waals surface area contributed by atoms with E-state index in [-0.39, 0.29) is 0 Å². The smallest absolute Gasteiger partial charge is 0.181 e. The predicted octanol–water partition coefficient (Wildman–Crippen LogP) is 5.35. The van der Waals surface area contributed by atoms with Gasteiger partial charge in [0.1, 0.15) is 4.60 Å². The van der Waals surface area contributed by atoms with Crippen molar-refractivity contribution < 1.29 is 0 Å². The molecule has 5 nitrogen and oxygen atoms in total. The Labute approximate surface area is 179 Å². The molecule has 0 radical (unpaired) electrons. The van der Waals surface area contributed by atoms with E-state index in [0.717, 1.165) is 46.2 Å². The van der Waals surface area contributed by atoms with Gasteiger partial charge in [-0.1, -0.05) is 29.8 Å². The van der Waals surface area contributed by atoms with E-state index in [1.54, 1.807) is 6.20 Å². The molecule has 0 saturated carbocycles. The van der Waals surface area contributed by atoms with Crippen LogP contribution < -0.4 is 5.32 Å². The summed E-state index contributed by atoms with van der Waals surface area (Å²) in [6, 6.07) is 7.79. The lowest BCUT2D eigenvalue weighted by Crippen LogP contribution is -2.30. The summed E-state index contributed by atoms with van der Waals surface area (Å²) in [5.74, 6) is 1.65. The summed E-state index contributed by atoms with van der Waals surface area (Å²) in [6.45, 7) is 3.34. The molecule has 0 unspecified atom stereocenters. The monoisotopic (exact) mass is 461 g/mol. The maximum atomic E-state index is 6.40. The molecule has 1 saturated heterocycles. The Morgan fingerprint density at radius 2 is 2.04 bits per heavy atom. The minimum atomic E-state index is 0.693. The number of likely N-dealkylation sites (tertiary alicyclic amines) is 1. The van der Waals surface area contributed by atoms with Crippen LogP contribution in [-0.4, -0.2) is 46.0 Å². The van der Waals surface area contributed by atoms with E-state index in [2.05, 4.69) is 38.2 Å². The van der Waals surface area contributed by atoms with Gasteiger partial charge >= 0.3 is 0 Å². The van der Waals surface area contributed by atoms with E-state index < -0.39 is 0 Å². The Morgan fingerprint density at radius 3 is 2.82 bits per heavy atom. The zero-order valence-corrected chi connectivity index (χ0v) is 18.4. The van der Waals surface area contributed by atoms with Crippen molar-refractivity contribution in [2.75, 3.05) is 32.0 Å². The van der Waals surface area contributed by atoms with Crippen LogP contribution >= 0.6 is 27.5 Å². The summed E-state index contributed by atoms with van der Waals surface area (Å²) in [4.78, 5) is 11.8. The summed E-state index contributed by atoms with van der Waals surface area (Å²) in [5, 5.41) is 4.20. The fourth-order valence-electron chi connectivity index (χ4n) is 3.83. The van der Waals surface area contributed by atoms with Gasteiger partial charge in [-0.25, -0.2) is 9.97 Å². The first-order chi connectivity index (χ1) is 13.6. The second-order valence-corrected chi connectivity index (χ2v) is 8.76. The summed E-state index contributed by atoms with van der Waals surface area (Å²) in [5.41, 5.74) is 2.57. The molecular weight excluding hydrogens is 438 g/mol. The Balaban J connectivity index is 1.49. The molecule has 148 valence electrons. The molecule has 1 N–H and O–H groups in total. The summed E-state index contributed by atoms with van der Waals surface area (Å²) < 4.78 is 2.90. The lowest BCUT2D eigenvalue weighted by atomic mass is 9.92. The van der Waals surface area contributed by atoms with E-state index in [1.165, 1.54) is 32.4 Å². The minimum absolute atomic E-state index is 0.693. The standard InChI is InChI=1S/C21H25BrClN5/c1-27-11-8-15(9-12-27)5-4-10-24-20-21-25-13-19(22)28(21)14-18(26-20)16-6-2-3-7-17(16)23/h2-3,6-7,13-15H,4-5,8-12H2,1H3,(H,24,26). The molecule has 0 spiro atoms. The molecule has 1 aromatic carbocycles. The van der Waals surface area contributed by atoms with E-state index in [9.17, 15) is 0 Å². The lowest BCUT2D eigenvalue weighted by Gasteiger charge is -2.28. The molecule has 2 aromatic heterocycles. The van der Waals surface area contributed by atoms with Gasteiger partial charge in [-0.05, 0) is 73.7 Å². The summed E-state index contributed by atoms with van der Waals surface area (Å²) >= 11 is 9.97. The van der Waals surface area contributed by atoms with Crippen LogP contribution in [0.1, 0.15) is 25.7 Å². The van der Waals surface area contributed by atoms with Crippen molar-refractivity contribution in [3.8, 4) is 11.3 Å². The molecular formula is C21H25BrClN5. The average Bonchev–Trinajstić information content (AvgIpc) is 3.08. The molecule has 1 fully saturated rings. The van der Waals surface area contributed by atoms with Gasteiger partial charge in [-0.2, -0.15) is 0 Å². The van der Waals surface area contributed by atoms with Gasteiger partial charge in [-0.3, -0.25) is 4.40 Å². The van der Waals surface area contributed by atoms with Gasteiger partial charge in [0.05, 0.1) is 16.9 Å². The van der Waals surface area contributed by atoms with Gasteiger partial charge in [0.25, 0.3) is 0 Å². The number of halogens is 2. The SMILES string of the molecule is CN1CCC(CCCNc2nc(-c3ccccc3Cl)cn3c(Br)cnc23)CC1. The van der Waals surface area contributed by atoms with Crippen molar-refractivity contribution in [2.45, 2.75) is 25.7 Å². The zero-order chi connectivity index (χ0) is 19.5. The van der Waals surface area contributed by atoms with Crippen molar-refractivity contribution in [1.29, 1.82) is 0 Å². The van der Waals surface area contributed by atoms with Gasteiger partial charge in [0, 0.05) is 18.3 Å².